The molecule has 2 unspecified atom stereocenters. The van der Waals surface area contributed by atoms with Crippen LogP contribution in [0.25, 0.3) is 0 Å². The van der Waals surface area contributed by atoms with Gasteiger partial charge < -0.3 is 5.32 Å². The van der Waals surface area contributed by atoms with Crippen LogP contribution in [0.3, 0.4) is 0 Å². The van der Waals surface area contributed by atoms with Crippen molar-refractivity contribution in [3.63, 3.8) is 0 Å². The van der Waals surface area contributed by atoms with E-state index in [-0.39, 0.29) is 0 Å². The predicted octanol–water partition coefficient (Wildman–Crippen LogP) is 4.31. The van der Waals surface area contributed by atoms with E-state index in [9.17, 15) is 0 Å². The van der Waals surface area contributed by atoms with Gasteiger partial charge in [-0.05, 0) is 31.7 Å². The van der Waals surface area contributed by atoms with Crippen molar-refractivity contribution >= 4 is 22.7 Å². The summed E-state index contributed by atoms with van der Waals surface area (Å²) in [6, 6.07) is 5.07. The first-order valence-corrected chi connectivity index (χ1v) is 7.62. The van der Waals surface area contributed by atoms with Gasteiger partial charge in [-0.25, -0.2) is 4.98 Å². The number of aromatic nitrogens is 1. The zero-order valence-corrected chi connectivity index (χ0v) is 12.1. The maximum Gasteiger partial charge on any atom is 0.109 e. The molecule has 2 aromatic heterocycles. The molecule has 2 atom stereocenters. The molecule has 17 heavy (non-hydrogen) atoms. The highest BCUT2D eigenvalue weighted by atomic mass is 32.1. The Balaban J connectivity index is 2.04. The maximum atomic E-state index is 4.44. The Morgan fingerprint density at radius 3 is 2.82 bits per heavy atom. The van der Waals surface area contributed by atoms with Crippen LogP contribution in [0.5, 0.6) is 0 Å². The molecule has 0 amide bonds. The monoisotopic (exact) mass is 266 g/mol. The molecule has 0 saturated carbocycles. The van der Waals surface area contributed by atoms with Crippen LogP contribution in [-0.4, -0.2) is 4.98 Å². The molecule has 0 bridgehead atoms. The number of hydrogen-bond donors (Lipinski definition) is 1. The van der Waals surface area contributed by atoms with E-state index >= 15 is 0 Å². The number of hydrogen-bond acceptors (Lipinski definition) is 4. The first-order chi connectivity index (χ1) is 8.20. The van der Waals surface area contributed by atoms with Crippen molar-refractivity contribution in [1.82, 2.24) is 10.3 Å². The van der Waals surface area contributed by atoms with Gasteiger partial charge in [-0.15, -0.1) is 22.7 Å². The van der Waals surface area contributed by atoms with Crippen LogP contribution in [0.2, 0.25) is 0 Å². The number of aryl methyl sites for hydroxylation is 1. The normalized spacial score (nSPS) is 14.8. The van der Waals surface area contributed by atoms with E-state index in [2.05, 4.69) is 48.6 Å². The number of rotatable bonds is 5. The Labute approximate surface area is 111 Å². The summed E-state index contributed by atoms with van der Waals surface area (Å²) in [5, 5.41) is 6.97. The molecule has 0 aliphatic carbocycles. The standard InChI is InChI=1S/C13H18N2S2/c1-4-11(12-6-5-7-16-12)15-10(3)13-14-8-9(2)17-13/h5-8,10-11,15H,4H2,1-3H3. The molecule has 2 nitrogen and oxygen atoms in total. The lowest BCUT2D eigenvalue weighted by Gasteiger charge is -2.19. The van der Waals surface area contributed by atoms with E-state index in [0.29, 0.717) is 12.1 Å². The van der Waals surface area contributed by atoms with Gasteiger partial charge in [0, 0.05) is 22.0 Å². The lowest BCUT2D eigenvalue weighted by atomic mass is 10.1. The molecule has 92 valence electrons. The SMILES string of the molecule is CCC(NC(C)c1ncc(C)s1)c1cccs1. The Morgan fingerprint density at radius 2 is 2.29 bits per heavy atom. The summed E-state index contributed by atoms with van der Waals surface area (Å²) < 4.78 is 0. The predicted molar refractivity (Wildman–Crippen MR) is 75.8 cm³/mol. The average Bonchev–Trinajstić information content (AvgIpc) is 2.96. The summed E-state index contributed by atoms with van der Waals surface area (Å²) in [5.41, 5.74) is 0. The smallest absolute Gasteiger partial charge is 0.109 e. The molecule has 1 N–H and O–H groups in total. The van der Waals surface area contributed by atoms with Gasteiger partial charge in [0.05, 0.1) is 6.04 Å². The van der Waals surface area contributed by atoms with E-state index in [4.69, 9.17) is 0 Å². The van der Waals surface area contributed by atoms with Gasteiger partial charge >= 0.3 is 0 Å². The molecule has 4 heteroatoms. The van der Waals surface area contributed by atoms with Crippen LogP contribution < -0.4 is 5.32 Å². The van der Waals surface area contributed by atoms with Gasteiger partial charge in [0.1, 0.15) is 5.01 Å². The molecule has 0 saturated heterocycles. The number of thiophene rings is 1. The van der Waals surface area contributed by atoms with Gasteiger partial charge in [-0.1, -0.05) is 13.0 Å². The zero-order valence-electron chi connectivity index (χ0n) is 10.4. The van der Waals surface area contributed by atoms with Crippen molar-refractivity contribution < 1.29 is 0 Å². The fourth-order valence-corrected chi connectivity index (χ4v) is 3.49. The molecular formula is C13H18N2S2. The Hall–Kier alpha value is -0.710. The summed E-state index contributed by atoms with van der Waals surface area (Å²) in [6.45, 7) is 6.51. The zero-order chi connectivity index (χ0) is 12.3. The van der Waals surface area contributed by atoms with Gasteiger partial charge in [0.2, 0.25) is 0 Å². The minimum Gasteiger partial charge on any atom is -0.300 e. The molecule has 0 aliphatic heterocycles. The third-order valence-electron chi connectivity index (χ3n) is 2.76. The first kappa shape index (κ1) is 12.7. The van der Waals surface area contributed by atoms with Crippen molar-refractivity contribution in [3.8, 4) is 0 Å². The van der Waals surface area contributed by atoms with Gasteiger partial charge in [-0.2, -0.15) is 0 Å². The van der Waals surface area contributed by atoms with Crippen molar-refractivity contribution in [3.05, 3.63) is 38.5 Å². The van der Waals surface area contributed by atoms with Crippen LogP contribution >= 0.6 is 22.7 Å². The summed E-state index contributed by atoms with van der Waals surface area (Å²) in [5.74, 6) is 0. The van der Waals surface area contributed by atoms with Crippen LogP contribution in [0, 0.1) is 6.92 Å². The molecule has 2 rings (SSSR count). The van der Waals surface area contributed by atoms with E-state index in [1.165, 1.54) is 14.8 Å². The molecule has 0 fully saturated rings. The van der Waals surface area contributed by atoms with Crippen LogP contribution in [-0.2, 0) is 0 Å². The second kappa shape index (κ2) is 5.76. The largest absolute Gasteiger partial charge is 0.300 e. The van der Waals surface area contributed by atoms with Crippen molar-refractivity contribution in [1.29, 1.82) is 0 Å². The molecule has 2 aromatic rings. The molecule has 0 aromatic carbocycles. The number of thiazole rings is 1. The second-order valence-electron chi connectivity index (χ2n) is 4.17. The molecule has 0 aliphatic rings. The third-order valence-corrected chi connectivity index (χ3v) is 4.84. The van der Waals surface area contributed by atoms with Crippen LogP contribution in [0.4, 0.5) is 0 Å². The van der Waals surface area contributed by atoms with E-state index in [1.54, 1.807) is 11.3 Å². The molecular weight excluding hydrogens is 248 g/mol. The molecule has 0 radical (unpaired) electrons. The summed E-state index contributed by atoms with van der Waals surface area (Å²) >= 11 is 3.59. The summed E-state index contributed by atoms with van der Waals surface area (Å²) in [7, 11) is 0. The average molecular weight is 266 g/mol. The Morgan fingerprint density at radius 1 is 1.47 bits per heavy atom. The topological polar surface area (TPSA) is 24.9 Å². The Bertz CT molecular complexity index is 448. The lowest BCUT2D eigenvalue weighted by molar-refractivity contribution is 0.461. The van der Waals surface area contributed by atoms with Crippen molar-refractivity contribution in [2.75, 3.05) is 0 Å². The minimum absolute atomic E-state index is 0.320. The third kappa shape index (κ3) is 3.15. The van der Waals surface area contributed by atoms with Gasteiger partial charge in [-0.3, -0.25) is 0 Å². The molecule has 0 spiro atoms. The van der Waals surface area contributed by atoms with E-state index in [0.717, 1.165) is 6.42 Å². The van der Waals surface area contributed by atoms with Crippen molar-refractivity contribution in [2.45, 2.75) is 39.3 Å². The lowest BCUT2D eigenvalue weighted by Crippen LogP contribution is -2.23. The van der Waals surface area contributed by atoms with Crippen LogP contribution in [0.15, 0.2) is 23.7 Å². The summed E-state index contributed by atoms with van der Waals surface area (Å²) in [4.78, 5) is 7.13. The van der Waals surface area contributed by atoms with Crippen LogP contribution in [0.1, 0.15) is 47.1 Å². The first-order valence-electron chi connectivity index (χ1n) is 5.92. The highest BCUT2D eigenvalue weighted by molar-refractivity contribution is 7.11. The number of nitrogens with one attached hydrogen (secondary N) is 1. The van der Waals surface area contributed by atoms with Crippen molar-refractivity contribution in [2.24, 2.45) is 0 Å². The maximum absolute atomic E-state index is 4.44. The fourth-order valence-electron chi connectivity index (χ4n) is 1.84. The highest BCUT2D eigenvalue weighted by Crippen LogP contribution is 2.26. The highest BCUT2D eigenvalue weighted by Gasteiger charge is 2.16. The quantitative estimate of drug-likeness (QED) is 0.872. The minimum atomic E-state index is 0.320. The van der Waals surface area contributed by atoms with Gasteiger partial charge in [0.15, 0.2) is 0 Å². The number of nitrogens with zero attached hydrogens (tertiary/aromatic N) is 1. The molecule has 2 heterocycles. The van der Waals surface area contributed by atoms with Gasteiger partial charge in [0.25, 0.3) is 0 Å². The van der Waals surface area contributed by atoms with E-state index < -0.39 is 0 Å². The second-order valence-corrected chi connectivity index (χ2v) is 6.42. The summed E-state index contributed by atoms with van der Waals surface area (Å²) in [6.07, 6.45) is 3.06. The fraction of sp³-hybridized carbons (Fsp3) is 0.462. The Kier molecular flexibility index (Phi) is 4.31. The van der Waals surface area contributed by atoms with E-state index in [1.807, 2.05) is 17.5 Å².